The molecule has 0 unspecified atom stereocenters. The van der Waals surface area contributed by atoms with Crippen LogP contribution in [0.2, 0.25) is 0 Å². The number of aromatic nitrogens is 4. The van der Waals surface area contributed by atoms with Gasteiger partial charge in [-0.3, -0.25) is 4.98 Å². The zero-order chi connectivity index (χ0) is 27.2. The summed E-state index contributed by atoms with van der Waals surface area (Å²) in [4.78, 5) is 19.5. The van der Waals surface area contributed by atoms with Crippen LogP contribution in [0.25, 0.3) is 67.3 Å². The van der Waals surface area contributed by atoms with Crippen LogP contribution in [0.1, 0.15) is 11.1 Å². The minimum atomic E-state index is 0.669. The van der Waals surface area contributed by atoms with E-state index in [1.165, 1.54) is 33.4 Å². The van der Waals surface area contributed by atoms with Crippen molar-refractivity contribution in [1.82, 2.24) is 19.9 Å². The quantitative estimate of drug-likeness (QED) is 0.231. The Hall–Kier alpha value is -5.48. The lowest BCUT2D eigenvalue weighted by Crippen LogP contribution is -2.01. The first-order valence-electron chi connectivity index (χ1n) is 13.8. The second-order valence-electron chi connectivity index (χ2n) is 10.3. The minimum Gasteiger partial charge on any atom is -0.256 e. The first kappa shape index (κ1) is 23.4. The van der Waals surface area contributed by atoms with E-state index in [0.717, 1.165) is 34.0 Å². The van der Waals surface area contributed by atoms with E-state index in [2.05, 4.69) is 65.6 Å². The van der Waals surface area contributed by atoms with E-state index < -0.39 is 0 Å². The van der Waals surface area contributed by atoms with Gasteiger partial charge >= 0.3 is 0 Å². The molecule has 0 saturated heterocycles. The van der Waals surface area contributed by atoms with Crippen LogP contribution in [0.5, 0.6) is 0 Å². The number of benzene rings is 5. The molecule has 5 aromatic carbocycles. The van der Waals surface area contributed by atoms with Gasteiger partial charge in [0, 0.05) is 28.3 Å². The van der Waals surface area contributed by atoms with Gasteiger partial charge in [-0.2, -0.15) is 0 Å². The van der Waals surface area contributed by atoms with E-state index in [1.54, 1.807) is 0 Å². The highest BCUT2D eigenvalue weighted by Crippen LogP contribution is 2.44. The summed E-state index contributed by atoms with van der Waals surface area (Å²) in [7, 11) is 0. The van der Waals surface area contributed by atoms with Gasteiger partial charge in [-0.15, -0.1) is 0 Å². The standard InChI is InChI=1S/C37H24N4/c1-3-10-24(11-4-1)35-39-36(25-12-5-2-6-13-25)41-37(40-35)31-16-9-14-28-22-26-18-19-27(23-32(26)34(28)31)29-20-21-38-33-17-8-7-15-30(29)33/h1-21,23H,22H2. The van der Waals surface area contributed by atoms with Gasteiger partial charge in [-0.1, -0.05) is 109 Å². The summed E-state index contributed by atoms with van der Waals surface area (Å²) >= 11 is 0. The molecule has 7 aromatic rings. The van der Waals surface area contributed by atoms with Crippen molar-refractivity contribution < 1.29 is 0 Å². The van der Waals surface area contributed by atoms with E-state index in [1.807, 2.05) is 72.9 Å². The molecule has 192 valence electrons. The van der Waals surface area contributed by atoms with Crippen LogP contribution in [-0.2, 0) is 6.42 Å². The maximum Gasteiger partial charge on any atom is 0.164 e. The fourth-order valence-electron chi connectivity index (χ4n) is 5.86. The average Bonchev–Trinajstić information content (AvgIpc) is 3.43. The highest BCUT2D eigenvalue weighted by molar-refractivity contribution is 5.97. The number of pyridine rings is 1. The fourth-order valence-corrected chi connectivity index (χ4v) is 5.86. The van der Waals surface area contributed by atoms with Gasteiger partial charge in [-0.05, 0) is 58.0 Å². The topological polar surface area (TPSA) is 51.6 Å². The Morgan fingerprint density at radius 1 is 0.439 bits per heavy atom. The summed E-state index contributed by atoms with van der Waals surface area (Å²) in [5, 5.41) is 1.15. The molecule has 0 spiro atoms. The summed E-state index contributed by atoms with van der Waals surface area (Å²) < 4.78 is 0. The van der Waals surface area contributed by atoms with Crippen molar-refractivity contribution in [2.75, 3.05) is 0 Å². The molecule has 0 atom stereocenters. The first-order valence-corrected chi connectivity index (χ1v) is 13.8. The first-order chi connectivity index (χ1) is 20.3. The van der Waals surface area contributed by atoms with E-state index in [0.29, 0.717) is 17.5 Å². The smallest absolute Gasteiger partial charge is 0.164 e. The molecule has 0 bridgehead atoms. The molecule has 2 aromatic heterocycles. The van der Waals surface area contributed by atoms with Gasteiger partial charge in [0.2, 0.25) is 0 Å². The third kappa shape index (κ3) is 4.09. The molecule has 8 rings (SSSR count). The lowest BCUT2D eigenvalue weighted by molar-refractivity contribution is 1.07. The molecular weight excluding hydrogens is 500 g/mol. The van der Waals surface area contributed by atoms with E-state index in [-0.39, 0.29) is 0 Å². The lowest BCUT2D eigenvalue weighted by atomic mass is 9.94. The van der Waals surface area contributed by atoms with Crippen molar-refractivity contribution in [3.05, 3.63) is 145 Å². The van der Waals surface area contributed by atoms with Gasteiger partial charge in [-0.25, -0.2) is 15.0 Å². The third-order valence-corrected chi connectivity index (χ3v) is 7.81. The Morgan fingerprint density at radius 3 is 1.88 bits per heavy atom. The van der Waals surface area contributed by atoms with Gasteiger partial charge in [0.15, 0.2) is 17.5 Å². The van der Waals surface area contributed by atoms with Gasteiger partial charge in [0.05, 0.1) is 5.52 Å². The summed E-state index contributed by atoms with van der Waals surface area (Å²) in [6.45, 7) is 0. The molecule has 2 heterocycles. The summed E-state index contributed by atoms with van der Waals surface area (Å²) in [5.41, 5.74) is 11.4. The van der Waals surface area contributed by atoms with Crippen molar-refractivity contribution in [2.45, 2.75) is 6.42 Å². The number of hydrogen-bond acceptors (Lipinski definition) is 4. The Bertz CT molecular complexity index is 2000. The Labute approximate surface area is 238 Å². The molecule has 1 aliphatic rings. The average molecular weight is 525 g/mol. The molecule has 4 nitrogen and oxygen atoms in total. The van der Waals surface area contributed by atoms with Crippen molar-refractivity contribution in [2.24, 2.45) is 0 Å². The van der Waals surface area contributed by atoms with Crippen LogP contribution in [-0.4, -0.2) is 19.9 Å². The van der Waals surface area contributed by atoms with E-state index >= 15 is 0 Å². The highest BCUT2D eigenvalue weighted by Gasteiger charge is 2.25. The molecule has 0 radical (unpaired) electrons. The number of fused-ring (bicyclic) bond motifs is 4. The van der Waals surface area contributed by atoms with Gasteiger partial charge < -0.3 is 0 Å². The van der Waals surface area contributed by atoms with Crippen LogP contribution in [0.15, 0.2) is 134 Å². The normalized spacial score (nSPS) is 11.8. The van der Waals surface area contributed by atoms with E-state index in [4.69, 9.17) is 15.0 Å². The van der Waals surface area contributed by atoms with Crippen molar-refractivity contribution in [1.29, 1.82) is 0 Å². The van der Waals surface area contributed by atoms with Crippen LogP contribution >= 0.6 is 0 Å². The third-order valence-electron chi connectivity index (χ3n) is 7.81. The van der Waals surface area contributed by atoms with Crippen LogP contribution in [0, 0.1) is 0 Å². The van der Waals surface area contributed by atoms with Gasteiger partial charge in [0.1, 0.15) is 0 Å². The molecule has 0 aliphatic heterocycles. The molecular formula is C37H24N4. The molecule has 1 aliphatic carbocycles. The molecule has 0 amide bonds. The van der Waals surface area contributed by atoms with Crippen molar-refractivity contribution in [3.8, 4) is 56.4 Å². The molecule has 0 N–H and O–H groups in total. The number of rotatable bonds is 4. The largest absolute Gasteiger partial charge is 0.256 e. The van der Waals surface area contributed by atoms with E-state index in [9.17, 15) is 0 Å². The highest BCUT2D eigenvalue weighted by atomic mass is 15.0. The zero-order valence-electron chi connectivity index (χ0n) is 22.2. The predicted octanol–water partition coefficient (Wildman–Crippen LogP) is 8.66. The Kier molecular flexibility index (Phi) is 5.49. The maximum atomic E-state index is 5.04. The summed E-state index contributed by atoms with van der Waals surface area (Å²) in [5.74, 6) is 2.02. The molecule has 41 heavy (non-hydrogen) atoms. The van der Waals surface area contributed by atoms with Gasteiger partial charge in [0.25, 0.3) is 0 Å². The molecule has 4 heteroatoms. The second kappa shape index (κ2) is 9.61. The molecule has 0 fully saturated rings. The Balaban J connectivity index is 1.33. The predicted molar refractivity (Wildman–Crippen MR) is 165 cm³/mol. The minimum absolute atomic E-state index is 0.669. The number of nitrogens with zero attached hydrogens (tertiary/aromatic N) is 4. The van der Waals surface area contributed by atoms with Crippen LogP contribution in [0.4, 0.5) is 0 Å². The van der Waals surface area contributed by atoms with Crippen molar-refractivity contribution in [3.63, 3.8) is 0 Å². The van der Waals surface area contributed by atoms with Crippen LogP contribution < -0.4 is 0 Å². The Morgan fingerprint density at radius 2 is 1.12 bits per heavy atom. The second-order valence-corrected chi connectivity index (χ2v) is 10.3. The molecule has 0 saturated carbocycles. The maximum absolute atomic E-state index is 5.04. The number of hydrogen-bond donors (Lipinski definition) is 0. The monoisotopic (exact) mass is 524 g/mol. The summed E-state index contributed by atoms with van der Waals surface area (Å²) in [6, 6.07) is 44.0. The fraction of sp³-hybridized carbons (Fsp3) is 0.0270. The number of para-hydroxylation sites is 1. The zero-order valence-corrected chi connectivity index (χ0v) is 22.2. The SMILES string of the molecule is c1ccc(-c2nc(-c3ccccc3)nc(-c3cccc4c3-c3cc(-c5ccnc6ccccc56)ccc3C4)n2)cc1. The lowest BCUT2D eigenvalue weighted by Gasteiger charge is -2.13. The summed E-state index contributed by atoms with van der Waals surface area (Å²) in [6.07, 6.45) is 2.78. The van der Waals surface area contributed by atoms with Crippen LogP contribution in [0.3, 0.4) is 0 Å². The van der Waals surface area contributed by atoms with Crippen molar-refractivity contribution >= 4 is 10.9 Å².